The highest BCUT2D eigenvalue weighted by Crippen LogP contribution is 2.51. The van der Waals surface area contributed by atoms with Crippen LogP contribution in [0, 0.1) is 24.7 Å². The highest BCUT2D eigenvalue weighted by molar-refractivity contribution is 5.93. The molecule has 7 rings (SSSR count). The smallest absolute Gasteiger partial charge is 0.141 e. The summed E-state index contributed by atoms with van der Waals surface area (Å²) in [4.78, 5) is 11.6. The third kappa shape index (κ3) is 5.41. The quantitative estimate of drug-likeness (QED) is 0.219. The van der Waals surface area contributed by atoms with Crippen molar-refractivity contribution in [2.45, 2.75) is 20.1 Å². The summed E-state index contributed by atoms with van der Waals surface area (Å²) in [6.45, 7) is 6.15. The lowest BCUT2D eigenvalue weighted by atomic mass is 10.0. The van der Waals surface area contributed by atoms with E-state index in [1.54, 1.807) is 6.33 Å². The lowest BCUT2D eigenvalue weighted by molar-refractivity contribution is 0.217. The van der Waals surface area contributed by atoms with Crippen LogP contribution in [0.4, 0.5) is 11.5 Å². The lowest BCUT2D eigenvalue weighted by Crippen LogP contribution is -2.24. The summed E-state index contributed by atoms with van der Waals surface area (Å²) in [5.74, 6) is 3.61. The molecule has 2 unspecified atom stereocenters. The number of nitrogens with one attached hydrogen (secondary N) is 1. The second-order valence-corrected chi connectivity index (χ2v) is 11.4. The number of aliphatic hydroxyl groups excluding tert-OH is 1. The van der Waals surface area contributed by atoms with Crippen LogP contribution in [-0.2, 0) is 13.2 Å². The third-order valence-corrected chi connectivity index (χ3v) is 8.66. The fourth-order valence-electron chi connectivity index (χ4n) is 6.29. The molecule has 5 aromatic rings. The van der Waals surface area contributed by atoms with Gasteiger partial charge in [-0.2, -0.15) is 0 Å². The van der Waals surface area contributed by atoms with Crippen LogP contribution in [0.15, 0.2) is 97.3 Å². The van der Waals surface area contributed by atoms with Gasteiger partial charge >= 0.3 is 0 Å². The molecule has 2 N–H and O–H groups in total. The van der Waals surface area contributed by atoms with Crippen LogP contribution in [0.1, 0.15) is 16.7 Å². The molecule has 0 bridgehead atoms. The molecule has 2 atom stereocenters. The normalized spacial score (nSPS) is 19.7. The Bertz CT molecular complexity index is 1660. The largest absolute Gasteiger partial charge is 0.489 e. The lowest BCUT2D eigenvalue weighted by Gasteiger charge is -2.19. The minimum absolute atomic E-state index is 0.349. The number of nitrogens with zero attached hydrogens (tertiary/aromatic N) is 3. The number of aryl methyl sites for hydroxylation is 1. The van der Waals surface area contributed by atoms with Crippen LogP contribution in [0.3, 0.4) is 0 Å². The Kier molecular flexibility index (Phi) is 6.87. The molecule has 1 saturated heterocycles. The Balaban J connectivity index is 1.05. The zero-order chi connectivity index (χ0) is 27.8. The number of hydrogen-bond donors (Lipinski definition) is 2. The Morgan fingerprint density at radius 1 is 0.854 bits per heavy atom. The van der Waals surface area contributed by atoms with Crippen molar-refractivity contribution in [3.05, 3.63) is 114 Å². The van der Waals surface area contributed by atoms with Crippen LogP contribution in [0.25, 0.3) is 22.0 Å². The van der Waals surface area contributed by atoms with Gasteiger partial charge in [0.05, 0.1) is 5.52 Å². The van der Waals surface area contributed by atoms with Gasteiger partial charge in [0.2, 0.25) is 0 Å². The summed E-state index contributed by atoms with van der Waals surface area (Å²) in [5, 5.41) is 13.9. The van der Waals surface area contributed by atoms with Crippen LogP contribution < -0.4 is 10.1 Å². The third-order valence-electron chi connectivity index (χ3n) is 8.66. The maximum absolute atomic E-state index is 9.42. The number of hydrogen-bond acceptors (Lipinski definition) is 6. The Morgan fingerprint density at radius 2 is 1.63 bits per heavy atom. The van der Waals surface area contributed by atoms with Gasteiger partial charge in [-0.15, -0.1) is 0 Å². The molecule has 41 heavy (non-hydrogen) atoms. The van der Waals surface area contributed by atoms with E-state index >= 15 is 0 Å². The van der Waals surface area contributed by atoms with Crippen molar-refractivity contribution < 1.29 is 9.84 Å². The van der Waals surface area contributed by atoms with Gasteiger partial charge in [0.15, 0.2) is 0 Å². The van der Waals surface area contributed by atoms with Crippen molar-refractivity contribution in [3.8, 4) is 16.9 Å². The first-order valence-corrected chi connectivity index (χ1v) is 14.4. The molecule has 1 aliphatic carbocycles. The maximum atomic E-state index is 9.42. The van der Waals surface area contributed by atoms with Gasteiger partial charge in [-0.3, -0.25) is 4.90 Å². The summed E-state index contributed by atoms with van der Waals surface area (Å²) in [5.41, 5.74) is 7.69. The number of aliphatic hydroxyl groups is 1. The van der Waals surface area contributed by atoms with Crippen molar-refractivity contribution in [2.24, 2.45) is 17.8 Å². The fraction of sp³-hybridized carbons (Fsp3) is 0.257. The highest BCUT2D eigenvalue weighted by atomic mass is 16.5. The van der Waals surface area contributed by atoms with Gasteiger partial charge in [0, 0.05) is 37.3 Å². The van der Waals surface area contributed by atoms with Crippen molar-refractivity contribution in [1.82, 2.24) is 14.9 Å². The van der Waals surface area contributed by atoms with E-state index in [1.165, 1.54) is 11.1 Å². The van der Waals surface area contributed by atoms with Crippen LogP contribution in [0.5, 0.6) is 5.75 Å². The van der Waals surface area contributed by atoms with E-state index < -0.39 is 0 Å². The summed E-state index contributed by atoms with van der Waals surface area (Å²) in [6, 6.07) is 31.6. The first kappa shape index (κ1) is 25.7. The molecular formula is C35H34N4O2. The van der Waals surface area contributed by atoms with E-state index in [0.29, 0.717) is 31.0 Å². The molecule has 6 heteroatoms. The highest BCUT2D eigenvalue weighted by Gasteiger charge is 2.54. The van der Waals surface area contributed by atoms with E-state index in [9.17, 15) is 5.11 Å². The van der Waals surface area contributed by atoms with Crippen LogP contribution in [0.2, 0.25) is 0 Å². The molecule has 2 fully saturated rings. The van der Waals surface area contributed by atoms with Crippen molar-refractivity contribution >= 4 is 22.4 Å². The number of ether oxygens (including phenoxy) is 1. The topological polar surface area (TPSA) is 70.5 Å². The number of aromatic nitrogens is 2. The first-order valence-electron chi connectivity index (χ1n) is 14.4. The maximum Gasteiger partial charge on any atom is 0.141 e. The van der Waals surface area contributed by atoms with Gasteiger partial charge in [-0.25, -0.2) is 9.97 Å². The molecular weight excluding hydrogens is 508 g/mol. The SMILES string of the molecule is Cc1cc(Nc2ncnc3ccc(-c4ccc(CN5CC6C(CO)C6C5)cc4)cc23)ccc1OCc1ccccc1. The molecule has 0 amide bonds. The predicted molar refractivity (Wildman–Crippen MR) is 163 cm³/mol. The van der Waals surface area contributed by atoms with Gasteiger partial charge in [-0.1, -0.05) is 60.7 Å². The summed E-state index contributed by atoms with van der Waals surface area (Å²) in [7, 11) is 0. The second-order valence-electron chi connectivity index (χ2n) is 11.4. The molecule has 206 valence electrons. The number of benzene rings is 4. The number of piperidine rings is 1. The Hall–Kier alpha value is -4.26. The molecule has 0 spiro atoms. The van der Waals surface area contributed by atoms with E-state index in [-0.39, 0.29) is 0 Å². The fourth-order valence-corrected chi connectivity index (χ4v) is 6.29. The van der Waals surface area contributed by atoms with E-state index in [0.717, 1.165) is 64.5 Å². The Morgan fingerprint density at radius 3 is 2.39 bits per heavy atom. The summed E-state index contributed by atoms with van der Waals surface area (Å²) in [6.07, 6.45) is 1.61. The standard InChI is InChI=1S/C35H34N4O2/c1-23-15-28(12-14-34(23)41-21-25-5-3-2-4-6-25)38-35-29-16-27(11-13-33(29)36-22-37-35)26-9-7-24(8-10-26)17-39-18-30-31(19-39)32(30)20-40/h2-16,22,30-32,40H,17-21H2,1H3,(H,36,37,38). The molecule has 6 nitrogen and oxygen atoms in total. The predicted octanol–water partition coefficient (Wildman–Crippen LogP) is 6.60. The molecule has 1 aromatic heterocycles. The molecule has 1 saturated carbocycles. The average molecular weight is 543 g/mol. The molecule has 4 aromatic carbocycles. The zero-order valence-corrected chi connectivity index (χ0v) is 23.2. The van der Waals surface area contributed by atoms with Crippen molar-refractivity contribution in [1.29, 1.82) is 0 Å². The molecule has 2 heterocycles. The Labute approximate surface area is 240 Å². The minimum atomic E-state index is 0.349. The summed E-state index contributed by atoms with van der Waals surface area (Å²) < 4.78 is 6.06. The average Bonchev–Trinajstić information content (AvgIpc) is 3.49. The zero-order valence-electron chi connectivity index (χ0n) is 23.2. The van der Waals surface area contributed by atoms with E-state index in [2.05, 4.69) is 87.8 Å². The van der Waals surface area contributed by atoms with Crippen LogP contribution >= 0.6 is 0 Å². The van der Waals surface area contributed by atoms with Gasteiger partial charge in [0.25, 0.3) is 0 Å². The van der Waals surface area contributed by atoms with Gasteiger partial charge < -0.3 is 15.2 Å². The minimum Gasteiger partial charge on any atom is -0.489 e. The number of likely N-dealkylation sites (tertiary alicyclic amines) is 1. The monoisotopic (exact) mass is 542 g/mol. The van der Waals surface area contributed by atoms with Crippen molar-refractivity contribution in [2.75, 3.05) is 25.0 Å². The molecule has 2 aliphatic rings. The number of rotatable bonds is 9. The molecule has 1 aliphatic heterocycles. The van der Waals surface area contributed by atoms with Gasteiger partial charge in [-0.05, 0) is 82.8 Å². The van der Waals surface area contributed by atoms with E-state index in [1.807, 2.05) is 30.3 Å². The number of fused-ring (bicyclic) bond motifs is 2. The molecule has 0 radical (unpaired) electrons. The van der Waals surface area contributed by atoms with Crippen molar-refractivity contribution in [3.63, 3.8) is 0 Å². The van der Waals surface area contributed by atoms with E-state index in [4.69, 9.17) is 4.74 Å². The second kappa shape index (κ2) is 11.0. The first-order chi connectivity index (χ1) is 20.1. The summed E-state index contributed by atoms with van der Waals surface area (Å²) >= 11 is 0. The number of anilines is 2. The van der Waals surface area contributed by atoms with Gasteiger partial charge in [0.1, 0.15) is 24.5 Å². The van der Waals surface area contributed by atoms with Crippen LogP contribution in [-0.4, -0.2) is 39.7 Å².